The Morgan fingerprint density at radius 3 is 2.64 bits per heavy atom. The molecular weight excluding hydrogens is 364 g/mol. The first-order valence-corrected chi connectivity index (χ1v) is 9.40. The van der Waals surface area contributed by atoms with E-state index in [9.17, 15) is 9.59 Å². The largest absolute Gasteiger partial charge is 0.444 e. The van der Waals surface area contributed by atoms with Gasteiger partial charge in [-0.1, -0.05) is 5.21 Å². The van der Waals surface area contributed by atoms with Gasteiger partial charge >= 0.3 is 6.09 Å². The average Bonchev–Trinajstić information content (AvgIpc) is 3.21. The number of amides is 2. The molecular formula is C17H24N8O3. The van der Waals surface area contributed by atoms with Crippen LogP contribution in [0.25, 0.3) is 0 Å². The van der Waals surface area contributed by atoms with E-state index < -0.39 is 5.60 Å². The Morgan fingerprint density at radius 2 is 1.86 bits per heavy atom. The van der Waals surface area contributed by atoms with Gasteiger partial charge in [-0.2, -0.15) is 0 Å². The van der Waals surface area contributed by atoms with Gasteiger partial charge in [0.05, 0.1) is 18.8 Å². The summed E-state index contributed by atoms with van der Waals surface area (Å²) in [5.74, 6) is 0.680. The van der Waals surface area contributed by atoms with Crippen LogP contribution in [0.1, 0.15) is 48.6 Å². The van der Waals surface area contributed by atoms with Crippen molar-refractivity contribution in [2.24, 2.45) is 0 Å². The van der Waals surface area contributed by atoms with Gasteiger partial charge in [-0.25, -0.2) is 14.5 Å². The van der Waals surface area contributed by atoms with Crippen LogP contribution in [0.2, 0.25) is 0 Å². The standard InChI is InChI=1S/C17H24N8O3/c1-17(2,3)28-16(27)23-7-5-13-18-14(21-25(13)9-8-23)15(26)24-6-4-11-12(10-24)20-22-19-11/h4-10H2,1-3H3,(H,19,20,22). The van der Waals surface area contributed by atoms with Gasteiger partial charge in [-0.3, -0.25) is 9.89 Å². The monoisotopic (exact) mass is 388 g/mol. The number of aromatic amines is 1. The molecule has 28 heavy (non-hydrogen) atoms. The first-order valence-electron chi connectivity index (χ1n) is 9.40. The molecule has 4 rings (SSSR count). The minimum absolute atomic E-state index is 0.188. The molecule has 2 aliphatic rings. The van der Waals surface area contributed by atoms with Crippen molar-refractivity contribution in [1.29, 1.82) is 0 Å². The lowest BCUT2D eigenvalue weighted by molar-refractivity contribution is 0.0252. The van der Waals surface area contributed by atoms with E-state index in [1.54, 1.807) is 14.5 Å². The summed E-state index contributed by atoms with van der Waals surface area (Å²) in [6.45, 7) is 7.93. The maximum absolute atomic E-state index is 12.8. The van der Waals surface area contributed by atoms with Crippen molar-refractivity contribution >= 4 is 12.0 Å². The lowest BCUT2D eigenvalue weighted by Crippen LogP contribution is -2.38. The van der Waals surface area contributed by atoms with Crippen molar-refractivity contribution in [2.45, 2.75) is 52.3 Å². The van der Waals surface area contributed by atoms with Gasteiger partial charge in [0.1, 0.15) is 17.1 Å². The Morgan fingerprint density at radius 1 is 1.07 bits per heavy atom. The second kappa shape index (κ2) is 6.88. The molecule has 150 valence electrons. The molecule has 2 aromatic rings. The number of carbonyl (C=O) groups is 2. The normalized spacial score (nSPS) is 17.0. The van der Waals surface area contributed by atoms with Crippen LogP contribution in [0.3, 0.4) is 0 Å². The SMILES string of the molecule is CC(C)(C)OC(=O)N1CCc2nc(C(=O)N3CCc4[nH]nnc4C3)nn2CC1. The van der Waals surface area contributed by atoms with Gasteiger partial charge in [0.2, 0.25) is 5.82 Å². The number of aromatic nitrogens is 6. The highest BCUT2D eigenvalue weighted by Gasteiger charge is 2.29. The number of H-pyrrole nitrogens is 1. The van der Waals surface area contributed by atoms with Crippen LogP contribution in [0, 0.1) is 0 Å². The first kappa shape index (κ1) is 18.4. The van der Waals surface area contributed by atoms with Gasteiger partial charge in [0.25, 0.3) is 5.91 Å². The van der Waals surface area contributed by atoms with E-state index in [4.69, 9.17) is 4.74 Å². The number of rotatable bonds is 1. The molecule has 0 aliphatic carbocycles. The molecule has 4 heterocycles. The Kier molecular flexibility index (Phi) is 4.52. The Labute approximate surface area is 162 Å². The zero-order valence-corrected chi connectivity index (χ0v) is 16.3. The van der Waals surface area contributed by atoms with E-state index in [1.165, 1.54) is 0 Å². The van der Waals surface area contributed by atoms with Gasteiger partial charge in [0.15, 0.2) is 0 Å². The molecule has 2 aromatic heterocycles. The fourth-order valence-corrected chi connectivity index (χ4v) is 3.32. The quantitative estimate of drug-likeness (QED) is 0.750. The fourth-order valence-electron chi connectivity index (χ4n) is 3.32. The maximum Gasteiger partial charge on any atom is 0.410 e. The number of nitrogens with one attached hydrogen (secondary N) is 1. The van der Waals surface area contributed by atoms with E-state index in [-0.39, 0.29) is 17.8 Å². The summed E-state index contributed by atoms with van der Waals surface area (Å²) in [6.07, 6.45) is 0.866. The van der Waals surface area contributed by atoms with Crippen molar-refractivity contribution in [3.05, 3.63) is 23.0 Å². The minimum atomic E-state index is -0.535. The van der Waals surface area contributed by atoms with Gasteiger partial charge < -0.3 is 14.5 Å². The highest BCUT2D eigenvalue weighted by molar-refractivity contribution is 5.90. The van der Waals surface area contributed by atoms with Crippen LogP contribution < -0.4 is 0 Å². The topological polar surface area (TPSA) is 122 Å². The molecule has 0 unspecified atom stereocenters. The Hall–Kier alpha value is -2.98. The number of nitrogens with zero attached hydrogens (tertiary/aromatic N) is 7. The summed E-state index contributed by atoms with van der Waals surface area (Å²) in [7, 11) is 0. The predicted molar refractivity (Wildman–Crippen MR) is 96.4 cm³/mol. The van der Waals surface area contributed by atoms with Crippen molar-refractivity contribution < 1.29 is 14.3 Å². The zero-order valence-electron chi connectivity index (χ0n) is 16.3. The van der Waals surface area contributed by atoms with Crippen LogP contribution in [0.5, 0.6) is 0 Å². The molecule has 2 amide bonds. The summed E-state index contributed by atoms with van der Waals surface area (Å²) in [5.41, 5.74) is 1.22. The molecule has 0 radical (unpaired) electrons. The summed E-state index contributed by atoms with van der Waals surface area (Å²) in [4.78, 5) is 32.9. The molecule has 0 spiro atoms. The summed E-state index contributed by atoms with van der Waals surface area (Å²) >= 11 is 0. The van der Waals surface area contributed by atoms with Crippen LogP contribution >= 0.6 is 0 Å². The van der Waals surface area contributed by atoms with E-state index in [1.807, 2.05) is 20.8 Å². The van der Waals surface area contributed by atoms with Gasteiger partial charge in [-0.05, 0) is 20.8 Å². The third kappa shape index (κ3) is 3.69. The van der Waals surface area contributed by atoms with Crippen LogP contribution in [-0.4, -0.2) is 77.2 Å². The number of hydrogen-bond donors (Lipinski definition) is 1. The van der Waals surface area contributed by atoms with Gasteiger partial charge in [-0.15, -0.1) is 10.2 Å². The molecule has 0 atom stereocenters. The fraction of sp³-hybridized carbons (Fsp3) is 0.647. The molecule has 0 aromatic carbocycles. The average molecular weight is 388 g/mol. The minimum Gasteiger partial charge on any atom is -0.444 e. The van der Waals surface area contributed by atoms with Crippen molar-refractivity contribution in [1.82, 2.24) is 40.0 Å². The lowest BCUT2D eigenvalue weighted by Gasteiger charge is -2.26. The summed E-state index contributed by atoms with van der Waals surface area (Å²) in [6, 6.07) is 0. The van der Waals surface area contributed by atoms with Crippen molar-refractivity contribution in [3.8, 4) is 0 Å². The highest BCUT2D eigenvalue weighted by Crippen LogP contribution is 2.17. The maximum atomic E-state index is 12.8. The third-order valence-electron chi connectivity index (χ3n) is 4.74. The third-order valence-corrected chi connectivity index (χ3v) is 4.74. The molecule has 0 fully saturated rings. The molecule has 1 N–H and O–H groups in total. The van der Waals surface area contributed by atoms with Gasteiger partial charge in [0, 0.05) is 32.5 Å². The molecule has 11 heteroatoms. The first-order chi connectivity index (χ1) is 13.3. The summed E-state index contributed by atoms with van der Waals surface area (Å²) < 4.78 is 7.15. The second-order valence-corrected chi connectivity index (χ2v) is 8.01. The number of carbonyl (C=O) groups excluding carboxylic acids is 2. The van der Waals surface area contributed by atoms with E-state index in [2.05, 4.69) is 25.5 Å². The van der Waals surface area contributed by atoms with Crippen LogP contribution in [0.4, 0.5) is 4.79 Å². The lowest BCUT2D eigenvalue weighted by atomic mass is 10.1. The predicted octanol–water partition coefficient (Wildman–Crippen LogP) is 0.388. The summed E-state index contributed by atoms with van der Waals surface area (Å²) in [5, 5.41) is 15.0. The van der Waals surface area contributed by atoms with Crippen LogP contribution in [0.15, 0.2) is 0 Å². The van der Waals surface area contributed by atoms with Crippen molar-refractivity contribution in [2.75, 3.05) is 19.6 Å². The van der Waals surface area contributed by atoms with E-state index in [0.29, 0.717) is 51.4 Å². The molecule has 0 bridgehead atoms. The van der Waals surface area contributed by atoms with Crippen LogP contribution in [-0.2, 0) is 30.7 Å². The molecule has 2 aliphatic heterocycles. The highest BCUT2D eigenvalue weighted by atomic mass is 16.6. The Balaban J connectivity index is 1.41. The molecule has 11 nitrogen and oxygen atoms in total. The Bertz CT molecular complexity index is 871. The zero-order chi connectivity index (χ0) is 19.9. The van der Waals surface area contributed by atoms with E-state index >= 15 is 0 Å². The smallest absolute Gasteiger partial charge is 0.410 e. The number of ether oxygens (including phenoxy) is 1. The number of hydrogen-bond acceptors (Lipinski definition) is 7. The second-order valence-electron chi connectivity index (χ2n) is 8.01. The molecule has 0 saturated carbocycles. The number of fused-ring (bicyclic) bond motifs is 2. The van der Waals surface area contributed by atoms with E-state index in [0.717, 1.165) is 11.4 Å². The molecule has 0 saturated heterocycles. The van der Waals surface area contributed by atoms with Crippen molar-refractivity contribution in [3.63, 3.8) is 0 Å².